The number of aliphatic carboxylic acids is 2. The Morgan fingerprint density at radius 1 is 1.15 bits per heavy atom. The summed E-state index contributed by atoms with van der Waals surface area (Å²) in [5, 5.41) is 17.5. The summed E-state index contributed by atoms with van der Waals surface area (Å²) in [4.78, 5) is 25.6. The highest BCUT2D eigenvalue weighted by molar-refractivity contribution is 5.72. The van der Waals surface area contributed by atoms with Crippen molar-refractivity contribution in [1.29, 1.82) is 0 Å². The molecule has 1 aromatic heterocycles. The fourth-order valence-corrected chi connectivity index (χ4v) is 3.03. The van der Waals surface area contributed by atoms with Crippen LogP contribution in [0.15, 0.2) is 36.4 Å². The number of aryl methyl sites for hydroxylation is 2. The minimum Gasteiger partial charge on any atom is -0.481 e. The lowest BCUT2D eigenvalue weighted by Crippen LogP contribution is -2.13. The molecule has 0 aliphatic heterocycles. The van der Waals surface area contributed by atoms with Crippen molar-refractivity contribution in [3.05, 3.63) is 64.5 Å². The van der Waals surface area contributed by atoms with Crippen LogP contribution in [0.3, 0.4) is 0 Å². The second-order valence-electron chi connectivity index (χ2n) is 6.93. The van der Waals surface area contributed by atoms with E-state index < -0.39 is 11.9 Å². The average molecular weight is 355 g/mol. The van der Waals surface area contributed by atoms with Crippen LogP contribution in [0.25, 0.3) is 0 Å². The van der Waals surface area contributed by atoms with E-state index in [-0.39, 0.29) is 11.8 Å². The first-order valence-electron chi connectivity index (χ1n) is 8.72. The summed E-state index contributed by atoms with van der Waals surface area (Å²) in [5.41, 5.74) is 5.29. The van der Waals surface area contributed by atoms with Crippen LogP contribution in [0.5, 0.6) is 0 Å². The van der Waals surface area contributed by atoms with E-state index in [0.29, 0.717) is 19.3 Å². The van der Waals surface area contributed by atoms with Crippen LogP contribution in [0.2, 0.25) is 0 Å². The van der Waals surface area contributed by atoms with Crippen molar-refractivity contribution in [3.63, 3.8) is 0 Å². The number of hydrogen-bond acceptors (Lipinski definition) is 3. The van der Waals surface area contributed by atoms with Gasteiger partial charge in [0.05, 0.1) is 11.8 Å². The number of hydrogen-bond donors (Lipinski definition) is 2. The number of carboxylic acids is 2. The standard InChI is InChI=1S/C11H14O2.C10H11NO2/c1-8-4-3-5-10(6-8)7-9(2)11(12)13;1-6-2-3-7-4-8(10(12)13)5-9(7)11-6/h3-6,9H,7H2,1-2H3,(H,12,13);2-3,8H,4-5H2,1H3,(H,12,13). The third-order valence-electron chi connectivity index (χ3n) is 4.51. The molecular formula is C21H25NO4. The van der Waals surface area contributed by atoms with Crippen molar-refractivity contribution in [2.24, 2.45) is 11.8 Å². The molecule has 2 unspecified atom stereocenters. The molecular weight excluding hydrogens is 330 g/mol. The molecule has 2 N–H and O–H groups in total. The molecule has 138 valence electrons. The van der Waals surface area contributed by atoms with Gasteiger partial charge in [-0.2, -0.15) is 0 Å². The SMILES string of the molecule is Cc1ccc2c(n1)CC(C(=O)O)C2.Cc1cccc(CC(C)C(=O)O)c1. The minimum absolute atomic E-state index is 0.260. The Morgan fingerprint density at radius 2 is 1.88 bits per heavy atom. The summed E-state index contributed by atoms with van der Waals surface area (Å²) < 4.78 is 0. The zero-order chi connectivity index (χ0) is 19.3. The van der Waals surface area contributed by atoms with E-state index in [4.69, 9.17) is 10.2 Å². The second-order valence-corrected chi connectivity index (χ2v) is 6.93. The summed E-state index contributed by atoms with van der Waals surface area (Å²) in [7, 11) is 0. The molecule has 5 nitrogen and oxygen atoms in total. The van der Waals surface area contributed by atoms with Gasteiger partial charge in [-0.3, -0.25) is 14.6 Å². The third kappa shape index (κ3) is 5.41. The molecule has 3 rings (SSSR count). The molecule has 0 amide bonds. The van der Waals surface area contributed by atoms with Crippen LogP contribution in [0.4, 0.5) is 0 Å². The first-order valence-corrected chi connectivity index (χ1v) is 8.72. The fourth-order valence-electron chi connectivity index (χ4n) is 3.03. The summed E-state index contributed by atoms with van der Waals surface area (Å²) in [6.45, 7) is 5.66. The highest BCUT2D eigenvalue weighted by atomic mass is 16.4. The molecule has 0 saturated heterocycles. The van der Waals surface area contributed by atoms with Gasteiger partial charge >= 0.3 is 11.9 Å². The van der Waals surface area contributed by atoms with Gasteiger partial charge in [0, 0.05) is 17.8 Å². The average Bonchev–Trinajstić information content (AvgIpc) is 2.99. The maximum atomic E-state index is 10.7. The molecule has 1 aliphatic carbocycles. The minimum atomic E-state index is -0.735. The van der Waals surface area contributed by atoms with Crippen molar-refractivity contribution in [2.75, 3.05) is 0 Å². The Bertz CT molecular complexity index is 800. The topological polar surface area (TPSA) is 87.5 Å². The molecule has 1 aliphatic rings. The molecule has 1 heterocycles. The number of carbonyl (C=O) groups is 2. The Balaban J connectivity index is 0.000000187. The molecule has 0 saturated carbocycles. The van der Waals surface area contributed by atoms with Crippen molar-refractivity contribution in [1.82, 2.24) is 4.98 Å². The van der Waals surface area contributed by atoms with E-state index in [1.54, 1.807) is 6.92 Å². The van der Waals surface area contributed by atoms with E-state index in [0.717, 1.165) is 22.5 Å². The van der Waals surface area contributed by atoms with Gasteiger partial charge in [-0.15, -0.1) is 0 Å². The van der Waals surface area contributed by atoms with Crippen molar-refractivity contribution < 1.29 is 19.8 Å². The van der Waals surface area contributed by atoms with Gasteiger partial charge in [-0.25, -0.2) is 0 Å². The smallest absolute Gasteiger partial charge is 0.307 e. The summed E-state index contributed by atoms with van der Waals surface area (Å²) >= 11 is 0. The van der Waals surface area contributed by atoms with E-state index in [9.17, 15) is 9.59 Å². The maximum Gasteiger partial charge on any atom is 0.307 e. The monoisotopic (exact) mass is 355 g/mol. The van der Waals surface area contributed by atoms with Crippen LogP contribution in [0, 0.1) is 25.7 Å². The quantitative estimate of drug-likeness (QED) is 0.877. The van der Waals surface area contributed by atoms with E-state index in [2.05, 4.69) is 4.98 Å². The Hall–Kier alpha value is -2.69. The summed E-state index contributed by atoms with van der Waals surface area (Å²) in [6.07, 6.45) is 1.83. The molecule has 0 spiro atoms. The van der Waals surface area contributed by atoms with Gasteiger partial charge in [-0.1, -0.05) is 42.8 Å². The van der Waals surface area contributed by atoms with Crippen LogP contribution in [-0.2, 0) is 28.9 Å². The number of nitrogens with zero attached hydrogens (tertiary/aromatic N) is 1. The second kappa shape index (κ2) is 8.61. The Labute approximate surface area is 153 Å². The first kappa shape index (κ1) is 19.6. The molecule has 2 atom stereocenters. The van der Waals surface area contributed by atoms with Crippen molar-refractivity contribution in [3.8, 4) is 0 Å². The van der Waals surface area contributed by atoms with Crippen LogP contribution in [-0.4, -0.2) is 27.1 Å². The van der Waals surface area contributed by atoms with Gasteiger partial charge in [-0.05, 0) is 43.9 Å². The number of carboxylic acid groups (broad SMARTS) is 2. The predicted octanol–water partition coefficient (Wildman–Crippen LogP) is 3.45. The van der Waals surface area contributed by atoms with E-state index >= 15 is 0 Å². The number of rotatable bonds is 4. The predicted molar refractivity (Wildman–Crippen MR) is 99.2 cm³/mol. The number of benzene rings is 1. The number of pyridine rings is 1. The number of fused-ring (bicyclic) bond motifs is 1. The van der Waals surface area contributed by atoms with E-state index in [1.807, 2.05) is 50.2 Å². The van der Waals surface area contributed by atoms with E-state index in [1.165, 1.54) is 5.56 Å². The van der Waals surface area contributed by atoms with Gasteiger partial charge in [0.15, 0.2) is 0 Å². The van der Waals surface area contributed by atoms with Crippen LogP contribution < -0.4 is 0 Å². The Kier molecular flexibility index (Phi) is 6.50. The number of aromatic nitrogens is 1. The highest BCUT2D eigenvalue weighted by Crippen LogP contribution is 2.25. The molecule has 1 aromatic carbocycles. The normalized spacial score (nSPS) is 16.2. The van der Waals surface area contributed by atoms with Gasteiger partial charge < -0.3 is 10.2 Å². The lowest BCUT2D eigenvalue weighted by molar-refractivity contribution is -0.142. The van der Waals surface area contributed by atoms with Gasteiger partial charge in [0.25, 0.3) is 0 Å². The first-order chi connectivity index (χ1) is 12.3. The lowest BCUT2D eigenvalue weighted by atomic mass is 10.0. The summed E-state index contributed by atoms with van der Waals surface area (Å²) in [6, 6.07) is 11.9. The summed E-state index contributed by atoms with van der Waals surface area (Å²) in [5.74, 6) is -2.01. The van der Waals surface area contributed by atoms with Crippen molar-refractivity contribution >= 4 is 11.9 Å². The third-order valence-corrected chi connectivity index (χ3v) is 4.51. The van der Waals surface area contributed by atoms with Gasteiger partial charge in [0.2, 0.25) is 0 Å². The van der Waals surface area contributed by atoms with Gasteiger partial charge in [0.1, 0.15) is 0 Å². The van der Waals surface area contributed by atoms with Crippen LogP contribution >= 0.6 is 0 Å². The molecule has 2 aromatic rings. The van der Waals surface area contributed by atoms with Crippen LogP contribution in [0.1, 0.15) is 35.0 Å². The molecule has 26 heavy (non-hydrogen) atoms. The lowest BCUT2D eigenvalue weighted by Gasteiger charge is -2.06. The zero-order valence-corrected chi connectivity index (χ0v) is 15.4. The maximum absolute atomic E-state index is 10.7. The zero-order valence-electron chi connectivity index (χ0n) is 15.4. The molecule has 5 heteroatoms. The Morgan fingerprint density at radius 3 is 2.50 bits per heavy atom. The molecule has 0 bridgehead atoms. The fraction of sp³-hybridized carbons (Fsp3) is 0.381. The van der Waals surface area contributed by atoms with Crippen molar-refractivity contribution in [2.45, 2.75) is 40.0 Å². The highest BCUT2D eigenvalue weighted by Gasteiger charge is 2.27. The molecule has 0 radical (unpaired) electrons. The molecule has 0 fully saturated rings. The largest absolute Gasteiger partial charge is 0.481 e.